The van der Waals surface area contributed by atoms with Crippen molar-refractivity contribution >= 4 is 0 Å². The SMILES string of the molecule is CCCCOc1cccc(-c2ccccc2O)c1O. The molecule has 0 aromatic heterocycles. The maximum atomic E-state index is 10.2. The first kappa shape index (κ1) is 13.3. The second kappa shape index (κ2) is 6.14. The van der Waals surface area contributed by atoms with Crippen LogP contribution in [0.25, 0.3) is 11.1 Å². The van der Waals surface area contributed by atoms with E-state index in [1.54, 1.807) is 30.3 Å². The van der Waals surface area contributed by atoms with Crippen molar-refractivity contribution in [2.75, 3.05) is 6.61 Å². The van der Waals surface area contributed by atoms with Crippen LogP contribution < -0.4 is 4.74 Å². The second-order valence-electron chi connectivity index (χ2n) is 4.37. The summed E-state index contributed by atoms with van der Waals surface area (Å²) in [6, 6.07) is 12.2. The van der Waals surface area contributed by atoms with Crippen LogP contribution in [0.3, 0.4) is 0 Å². The van der Waals surface area contributed by atoms with Crippen LogP contribution in [-0.2, 0) is 0 Å². The Morgan fingerprint density at radius 2 is 1.68 bits per heavy atom. The van der Waals surface area contributed by atoms with Crippen molar-refractivity contribution in [1.82, 2.24) is 0 Å². The molecule has 0 aliphatic rings. The highest BCUT2D eigenvalue weighted by molar-refractivity contribution is 5.77. The Hall–Kier alpha value is -2.16. The summed E-state index contributed by atoms with van der Waals surface area (Å²) in [5, 5.41) is 20.1. The summed E-state index contributed by atoms with van der Waals surface area (Å²) in [6.45, 7) is 2.66. The number of para-hydroxylation sites is 2. The molecule has 3 heteroatoms. The van der Waals surface area contributed by atoms with Crippen LogP contribution in [0.5, 0.6) is 17.2 Å². The Labute approximate surface area is 113 Å². The molecule has 0 bridgehead atoms. The Morgan fingerprint density at radius 3 is 2.42 bits per heavy atom. The largest absolute Gasteiger partial charge is 0.507 e. The molecule has 2 N–H and O–H groups in total. The summed E-state index contributed by atoms with van der Waals surface area (Å²) in [5.74, 6) is 0.665. The summed E-state index contributed by atoms with van der Waals surface area (Å²) in [5.41, 5.74) is 1.17. The number of unbranched alkanes of at least 4 members (excludes halogenated alkanes) is 1. The fraction of sp³-hybridized carbons (Fsp3) is 0.250. The van der Waals surface area contributed by atoms with Crippen molar-refractivity contribution in [3.63, 3.8) is 0 Å². The monoisotopic (exact) mass is 258 g/mol. The van der Waals surface area contributed by atoms with E-state index in [0.717, 1.165) is 12.8 Å². The number of aromatic hydroxyl groups is 2. The molecule has 0 spiro atoms. The molecule has 19 heavy (non-hydrogen) atoms. The predicted molar refractivity (Wildman–Crippen MR) is 75.6 cm³/mol. The zero-order chi connectivity index (χ0) is 13.7. The first-order valence-corrected chi connectivity index (χ1v) is 6.47. The van der Waals surface area contributed by atoms with Crippen LogP contribution in [0.4, 0.5) is 0 Å². The average Bonchev–Trinajstić information content (AvgIpc) is 2.42. The van der Waals surface area contributed by atoms with Crippen LogP contribution >= 0.6 is 0 Å². The molecular formula is C16H18O3. The van der Waals surface area contributed by atoms with E-state index in [9.17, 15) is 10.2 Å². The number of ether oxygens (including phenoxy) is 1. The summed E-state index contributed by atoms with van der Waals surface area (Å²) in [6.07, 6.45) is 1.99. The Morgan fingerprint density at radius 1 is 0.947 bits per heavy atom. The number of phenolic OH excluding ortho intramolecular Hbond substituents is 2. The first-order chi connectivity index (χ1) is 9.24. The Bertz CT molecular complexity index is 549. The molecule has 2 aromatic carbocycles. The number of rotatable bonds is 5. The van der Waals surface area contributed by atoms with E-state index in [4.69, 9.17) is 4.74 Å². The van der Waals surface area contributed by atoms with Crippen molar-refractivity contribution in [3.8, 4) is 28.4 Å². The Kier molecular flexibility index (Phi) is 4.29. The van der Waals surface area contributed by atoms with E-state index in [1.165, 1.54) is 0 Å². The fourth-order valence-electron chi connectivity index (χ4n) is 1.88. The third-order valence-corrected chi connectivity index (χ3v) is 2.95. The van der Waals surface area contributed by atoms with Gasteiger partial charge in [-0.25, -0.2) is 0 Å². The van der Waals surface area contributed by atoms with Gasteiger partial charge in [0.15, 0.2) is 11.5 Å². The molecule has 0 radical (unpaired) electrons. The maximum absolute atomic E-state index is 10.2. The van der Waals surface area contributed by atoms with Crippen molar-refractivity contribution in [2.45, 2.75) is 19.8 Å². The minimum absolute atomic E-state index is 0.0695. The lowest BCUT2D eigenvalue weighted by molar-refractivity contribution is 0.293. The van der Waals surface area contributed by atoms with Crippen molar-refractivity contribution in [1.29, 1.82) is 0 Å². The fourth-order valence-corrected chi connectivity index (χ4v) is 1.88. The molecule has 0 unspecified atom stereocenters. The van der Waals surface area contributed by atoms with Gasteiger partial charge in [0.25, 0.3) is 0 Å². The zero-order valence-electron chi connectivity index (χ0n) is 11.0. The molecule has 0 heterocycles. The highest BCUT2D eigenvalue weighted by atomic mass is 16.5. The van der Waals surface area contributed by atoms with Gasteiger partial charge in [-0.1, -0.05) is 43.7 Å². The molecule has 0 saturated heterocycles. The van der Waals surface area contributed by atoms with Gasteiger partial charge in [0, 0.05) is 11.1 Å². The number of phenols is 2. The normalized spacial score (nSPS) is 10.4. The molecule has 0 fully saturated rings. The predicted octanol–water partition coefficient (Wildman–Crippen LogP) is 3.94. The zero-order valence-corrected chi connectivity index (χ0v) is 11.0. The van der Waals surface area contributed by atoms with Gasteiger partial charge in [0.1, 0.15) is 5.75 Å². The van der Waals surface area contributed by atoms with Crippen LogP contribution in [0, 0.1) is 0 Å². The Balaban J connectivity index is 2.32. The molecule has 100 valence electrons. The third-order valence-electron chi connectivity index (χ3n) is 2.95. The highest BCUT2D eigenvalue weighted by Gasteiger charge is 2.12. The average molecular weight is 258 g/mol. The van der Waals surface area contributed by atoms with Crippen LogP contribution in [0.1, 0.15) is 19.8 Å². The van der Waals surface area contributed by atoms with E-state index in [2.05, 4.69) is 6.92 Å². The molecule has 3 nitrogen and oxygen atoms in total. The molecule has 2 aromatic rings. The quantitative estimate of drug-likeness (QED) is 0.798. The second-order valence-corrected chi connectivity index (χ2v) is 4.37. The molecular weight excluding hydrogens is 240 g/mol. The summed E-state index contributed by atoms with van der Waals surface area (Å²) in [4.78, 5) is 0. The summed E-state index contributed by atoms with van der Waals surface area (Å²) in [7, 11) is 0. The summed E-state index contributed by atoms with van der Waals surface area (Å²) >= 11 is 0. The molecule has 0 aliphatic heterocycles. The van der Waals surface area contributed by atoms with Gasteiger partial charge in [-0.15, -0.1) is 0 Å². The number of benzene rings is 2. The van der Waals surface area contributed by atoms with Gasteiger partial charge in [0.2, 0.25) is 0 Å². The minimum atomic E-state index is 0.0695. The standard InChI is InChI=1S/C16H18O3/c1-2-3-11-19-15-10-6-8-13(16(15)18)12-7-4-5-9-14(12)17/h4-10,17-18H,2-3,11H2,1H3. The minimum Gasteiger partial charge on any atom is -0.507 e. The molecule has 0 saturated carbocycles. The van der Waals surface area contributed by atoms with Crippen molar-refractivity contribution < 1.29 is 14.9 Å². The highest BCUT2D eigenvalue weighted by Crippen LogP contribution is 2.40. The van der Waals surface area contributed by atoms with E-state index in [0.29, 0.717) is 23.5 Å². The maximum Gasteiger partial charge on any atom is 0.165 e. The molecule has 0 atom stereocenters. The van der Waals surface area contributed by atoms with Gasteiger partial charge in [-0.2, -0.15) is 0 Å². The van der Waals surface area contributed by atoms with Gasteiger partial charge < -0.3 is 14.9 Å². The lowest BCUT2D eigenvalue weighted by Gasteiger charge is -2.12. The first-order valence-electron chi connectivity index (χ1n) is 6.47. The van der Waals surface area contributed by atoms with Gasteiger partial charge in [-0.05, 0) is 18.6 Å². The van der Waals surface area contributed by atoms with Crippen molar-refractivity contribution in [3.05, 3.63) is 42.5 Å². The third kappa shape index (κ3) is 2.99. The van der Waals surface area contributed by atoms with E-state index in [-0.39, 0.29) is 11.5 Å². The number of hydrogen-bond donors (Lipinski definition) is 2. The van der Waals surface area contributed by atoms with Crippen LogP contribution in [0.15, 0.2) is 42.5 Å². The molecule has 2 rings (SSSR count). The topological polar surface area (TPSA) is 49.7 Å². The lowest BCUT2D eigenvalue weighted by atomic mass is 10.0. The van der Waals surface area contributed by atoms with Gasteiger partial charge >= 0.3 is 0 Å². The van der Waals surface area contributed by atoms with Crippen molar-refractivity contribution in [2.24, 2.45) is 0 Å². The van der Waals surface area contributed by atoms with E-state index < -0.39 is 0 Å². The smallest absolute Gasteiger partial charge is 0.165 e. The van der Waals surface area contributed by atoms with Crippen LogP contribution in [-0.4, -0.2) is 16.8 Å². The number of hydrogen-bond acceptors (Lipinski definition) is 3. The van der Waals surface area contributed by atoms with Crippen LogP contribution in [0.2, 0.25) is 0 Å². The molecule has 0 aliphatic carbocycles. The molecule has 0 amide bonds. The van der Waals surface area contributed by atoms with Gasteiger partial charge in [-0.3, -0.25) is 0 Å². The lowest BCUT2D eigenvalue weighted by Crippen LogP contribution is -1.97. The van der Waals surface area contributed by atoms with E-state index in [1.807, 2.05) is 12.1 Å². The summed E-state index contributed by atoms with van der Waals surface area (Å²) < 4.78 is 5.55. The van der Waals surface area contributed by atoms with Gasteiger partial charge in [0.05, 0.1) is 6.61 Å². The van der Waals surface area contributed by atoms with E-state index >= 15 is 0 Å².